The predicted molar refractivity (Wildman–Crippen MR) is 412 cm³/mol. The first kappa shape index (κ1) is 123. The smallest absolute Gasteiger partial charge is 0.104 e. The molecule has 0 saturated carbocycles. The molecule has 0 rings (SSSR count). The molecule has 4 atom stereocenters. The van der Waals surface area contributed by atoms with E-state index in [0.29, 0.717) is 77.0 Å². The van der Waals surface area contributed by atoms with Gasteiger partial charge in [-0.2, -0.15) is 6.92 Å². The Bertz CT molecular complexity index is 1560. The van der Waals surface area contributed by atoms with Gasteiger partial charge in [-0.15, -0.1) is 85.5 Å². The summed E-state index contributed by atoms with van der Waals surface area (Å²) in [5.41, 5.74) is 10.9. The minimum absolute atomic E-state index is 0. The van der Waals surface area contributed by atoms with Gasteiger partial charge in [0.2, 0.25) is 0 Å². The van der Waals surface area contributed by atoms with Gasteiger partial charge in [0.25, 0.3) is 0 Å². The van der Waals surface area contributed by atoms with Crippen molar-refractivity contribution >= 4 is 0 Å². The fourth-order valence-corrected chi connectivity index (χ4v) is 4.83. The Hall–Kier alpha value is -6.24. The monoisotopic (exact) mass is 1570 g/mol. The first-order valence-corrected chi connectivity index (χ1v) is 32.2. The zero-order valence-electron chi connectivity index (χ0n) is 63.8. The van der Waals surface area contributed by atoms with Gasteiger partial charge in [0.1, 0.15) is 24.7 Å². The number of hydrogen-bond acceptors (Lipinski definition) is 0. The molecule has 0 amide bonds. The standard InChI is InChI=1S/4C11H19F.2C6H11F.2C4H7F.3C4H8.C3H5.2C2H4.Rf/c2*1-4-7-11(12)9-6-5-8-10(2)3;2*1-4-5-6-7-11(12)9-8-10(2)3;2*1-6(2)4-3-5-7;2*1-2-3-4-5;3*1-4(2)3;1-3-2;2*1-2;/h4*4,8,11H,1,5-7,9H2,2-3H3;2*4H,3,5H2,1-2H3;2*2H,1,3-4H2;3*1H2,2-3H3;1H2,2H3;2*1-2H2;/q;;;;;;;;;;;-1;;;. The van der Waals surface area contributed by atoms with Gasteiger partial charge in [-0.05, 0) is 253 Å². The van der Waals surface area contributed by atoms with Crippen LogP contribution in [0, 0.1) is 6.08 Å². The van der Waals surface area contributed by atoms with Crippen molar-refractivity contribution in [2.45, 2.75) is 285 Å². The molecule has 0 aliphatic heterocycles. The van der Waals surface area contributed by atoms with Crippen LogP contribution in [0.3, 0.4) is 0 Å². The molecule has 0 aromatic heterocycles. The van der Waals surface area contributed by atoms with Crippen LogP contribution in [0.5, 0.6) is 0 Å². The van der Waals surface area contributed by atoms with Crippen LogP contribution < -0.4 is 0 Å². The summed E-state index contributed by atoms with van der Waals surface area (Å²) in [4.78, 5) is 0. The maximum atomic E-state index is 13.0. The zero-order chi connectivity index (χ0) is 74.7. The fourth-order valence-electron chi connectivity index (χ4n) is 4.83. The molecule has 540 valence electrons. The minimum atomic E-state index is -0.687. The second-order valence-corrected chi connectivity index (χ2v) is 22.4. The average Bonchev–Trinajstić information content (AvgIpc) is 3.47. The topological polar surface area (TPSA) is 0 Å². The van der Waals surface area contributed by atoms with E-state index < -0.39 is 24.7 Å². The Morgan fingerprint density at radius 1 is 0.304 bits per heavy atom. The van der Waals surface area contributed by atoms with E-state index in [9.17, 15) is 35.1 Å². The Morgan fingerprint density at radius 3 is 0.598 bits per heavy atom. The summed E-state index contributed by atoms with van der Waals surface area (Å²) in [5, 5.41) is 0. The number of allylic oxidation sites excluding steroid dienone is 22. The molecule has 0 heterocycles. The van der Waals surface area contributed by atoms with Gasteiger partial charge in [-0.3, -0.25) is 24.1 Å². The van der Waals surface area contributed by atoms with Crippen LogP contribution in [0.2, 0.25) is 0 Å². The SMILES string of the molecule is C=C.C=C.C=C(C)C.C=C(C)C.C=C(C)C.C=CCC(F)CCCC=C(C)C.C=CCC(F)CCCC=C(C)C.C=CCCCC(F)CC=C(C)C.C=CCCCC(F)CC=C(C)C.C=CCCF.C=CCCF.C=[C-]C.CC(C)=CCCF.CC(C)=CCCF.[Rf]. The van der Waals surface area contributed by atoms with E-state index in [1.54, 1.807) is 31.2 Å². The third kappa shape index (κ3) is 274. The molecule has 0 bridgehead atoms. The van der Waals surface area contributed by atoms with Crippen molar-refractivity contribution in [3.63, 3.8) is 0 Å². The van der Waals surface area contributed by atoms with Crippen molar-refractivity contribution in [1.82, 2.24) is 0 Å². The average molecular weight is 1570 g/mol. The van der Waals surface area contributed by atoms with E-state index in [0.717, 1.165) is 51.4 Å². The number of halogens is 8. The maximum Gasteiger partial charge on any atom is 0.104 e. The summed E-state index contributed by atoms with van der Waals surface area (Å²) in [6.07, 6.45) is 36.3. The summed E-state index contributed by atoms with van der Waals surface area (Å²) in [7, 11) is 0. The number of hydrogen-bond donors (Lipinski definition) is 0. The summed E-state index contributed by atoms with van der Waals surface area (Å²) < 4.78 is 96.1. The Labute approximate surface area is 565 Å². The van der Waals surface area contributed by atoms with E-state index in [1.807, 2.05) is 133 Å². The third-order valence-corrected chi connectivity index (χ3v) is 8.76. The second-order valence-electron chi connectivity index (χ2n) is 22.4. The Morgan fingerprint density at radius 2 is 0.467 bits per heavy atom. The van der Waals surface area contributed by atoms with Crippen molar-refractivity contribution in [2.75, 3.05) is 26.7 Å². The molecule has 9 heteroatoms. The van der Waals surface area contributed by atoms with E-state index in [1.165, 1.54) is 50.2 Å². The molecule has 4 unspecified atom stereocenters. The summed E-state index contributed by atoms with van der Waals surface area (Å²) >= 11 is 0. The van der Waals surface area contributed by atoms with Crippen LogP contribution in [0.1, 0.15) is 260 Å². The van der Waals surface area contributed by atoms with E-state index >= 15 is 0 Å². The molecule has 0 spiro atoms. The van der Waals surface area contributed by atoms with Gasteiger partial charge >= 0.3 is 0 Å². The third-order valence-electron chi connectivity index (χ3n) is 8.76. The van der Waals surface area contributed by atoms with Crippen molar-refractivity contribution in [1.29, 1.82) is 0 Å². The summed E-state index contributed by atoms with van der Waals surface area (Å²) in [6, 6.07) is 0. The molecule has 0 N–H and O–H groups in total. The molecule has 0 fully saturated rings. The first-order valence-electron chi connectivity index (χ1n) is 32.2. The van der Waals surface area contributed by atoms with Gasteiger partial charge in [0.15, 0.2) is 0 Å². The van der Waals surface area contributed by atoms with Crippen molar-refractivity contribution in [3.05, 3.63) is 221 Å². The van der Waals surface area contributed by atoms with Crippen molar-refractivity contribution in [3.8, 4) is 0 Å². The van der Waals surface area contributed by atoms with Crippen LogP contribution in [-0.2, 0) is 0 Å². The minimum Gasteiger partial charge on any atom is -0.507 e. The molecular weight excluding hydrogens is 1420 g/mol. The normalized spacial score (nSPS) is 9.55. The molecule has 0 aliphatic rings. The van der Waals surface area contributed by atoms with Gasteiger partial charge in [-0.1, -0.05) is 123 Å². The number of unbranched alkanes of at least 4 members (excludes halogenated alkanes) is 4. The molecule has 0 aliphatic carbocycles. The zero-order valence-corrected chi connectivity index (χ0v) is 70.2. The molecule has 0 nitrogen and oxygen atoms in total. The van der Waals surface area contributed by atoms with Gasteiger partial charge in [0.05, 0.1) is 26.7 Å². The molecule has 0 aromatic rings. The quantitative estimate of drug-likeness (QED) is 0.0273. The van der Waals surface area contributed by atoms with Crippen LogP contribution in [0.25, 0.3) is 0 Å². The predicted octanol–water partition coefficient (Wildman–Crippen LogP) is 31.2. The molecule has 0 saturated heterocycles. The van der Waals surface area contributed by atoms with Crippen LogP contribution in [0.15, 0.2) is 215 Å². The van der Waals surface area contributed by atoms with Crippen LogP contribution in [0.4, 0.5) is 35.1 Å². The van der Waals surface area contributed by atoms with Gasteiger partial charge in [0, 0.05) is 0 Å². The van der Waals surface area contributed by atoms with E-state index in [2.05, 4.69) is 138 Å². The first-order chi connectivity index (χ1) is 42.6. The van der Waals surface area contributed by atoms with Crippen molar-refractivity contribution in [2.24, 2.45) is 0 Å². The van der Waals surface area contributed by atoms with E-state index in [4.69, 9.17) is 0 Å². The second kappa shape index (κ2) is 122. The van der Waals surface area contributed by atoms with Gasteiger partial charge in [-0.25, -0.2) is 17.6 Å². The van der Waals surface area contributed by atoms with Crippen molar-refractivity contribution < 1.29 is 35.1 Å². The number of alkyl halides is 8. The largest absolute Gasteiger partial charge is 0.507 e. The van der Waals surface area contributed by atoms with Crippen LogP contribution >= 0.6 is 0 Å². The maximum absolute atomic E-state index is 13.0. The fraction of sp³-hybridized carbons (Fsp3) is 0.566. The van der Waals surface area contributed by atoms with Crippen LogP contribution in [-0.4, -0.2) is 51.4 Å². The molecule has 0 aromatic carbocycles. The molecular formula is C83H149F8Rf-. The molecule has 0 radical (unpaired) electrons. The summed E-state index contributed by atoms with van der Waals surface area (Å²) in [6.45, 7) is 83.4. The Kier molecular flexibility index (Phi) is 163. The van der Waals surface area contributed by atoms with Gasteiger partial charge < -0.3 is 6.08 Å². The van der Waals surface area contributed by atoms with E-state index in [-0.39, 0.29) is 26.7 Å². The number of rotatable bonds is 32. The Balaban J connectivity index is -0.0000000551. The molecule has 92 heavy (non-hydrogen) atoms. The summed E-state index contributed by atoms with van der Waals surface area (Å²) in [5.74, 6) is 0.